The van der Waals surface area contributed by atoms with E-state index in [-0.39, 0.29) is 0 Å². The molecule has 0 aromatic carbocycles. The van der Waals surface area contributed by atoms with Crippen LogP contribution >= 0.6 is 22.7 Å². The SMILES string of the molecule is CC(C)c1sc2c(c1C(C)C)CCCCC2.CC(C)c1sc2ncccc2c1C(C)C. The maximum Gasteiger partial charge on any atom is 0.123 e. The minimum atomic E-state index is 0.584. The summed E-state index contributed by atoms with van der Waals surface area (Å²) in [6.07, 6.45) is 8.80. The zero-order valence-corrected chi connectivity index (χ0v) is 22.5. The molecule has 0 bridgehead atoms. The van der Waals surface area contributed by atoms with Gasteiger partial charge in [-0.05, 0) is 72.1 Å². The Labute approximate surface area is 198 Å². The molecule has 0 saturated carbocycles. The van der Waals surface area contributed by atoms with Gasteiger partial charge >= 0.3 is 0 Å². The first-order valence-electron chi connectivity index (χ1n) is 12.2. The molecule has 0 atom stereocenters. The van der Waals surface area contributed by atoms with Gasteiger partial charge in [-0.2, -0.15) is 0 Å². The second kappa shape index (κ2) is 10.6. The van der Waals surface area contributed by atoms with Gasteiger partial charge in [0.25, 0.3) is 0 Å². The predicted octanol–water partition coefficient (Wildman–Crippen LogP) is 9.81. The second-order valence-electron chi connectivity index (χ2n) is 10.2. The second-order valence-corrected chi connectivity index (χ2v) is 12.4. The van der Waals surface area contributed by atoms with E-state index < -0.39 is 0 Å². The van der Waals surface area contributed by atoms with Crippen molar-refractivity contribution >= 4 is 32.9 Å². The molecule has 0 saturated heterocycles. The van der Waals surface area contributed by atoms with Crippen LogP contribution in [0.4, 0.5) is 0 Å². The molecular formula is C28H41NS2. The molecule has 0 amide bonds. The Balaban J connectivity index is 0.000000176. The van der Waals surface area contributed by atoms with E-state index in [1.54, 1.807) is 20.9 Å². The van der Waals surface area contributed by atoms with Crippen molar-refractivity contribution in [2.24, 2.45) is 0 Å². The van der Waals surface area contributed by atoms with Crippen LogP contribution in [0.2, 0.25) is 0 Å². The van der Waals surface area contributed by atoms with Gasteiger partial charge in [0.15, 0.2) is 0 Å². The number of pyridine rings is 1. The van der Waals surface area contributed by atoms with Crippen LogP contribution in [-0.4, -0.2) is 4.98 Å². The highest BCUT2D eigenvalue weighted by molar-refractivity contribution is 7.19. The van der Waals surface area contributed by atoms with Crippen LogP contribution in [0.3, 0.4) is 0 Å². The Morgan fingerprint density at radius 2 is 1.32 bits per heavy atom. The van der Waals surface area contributed by atoms with E-state index in [0.717, 1.165) is 0 Å². The predicted molar refractivity (Wildman–Crippen MR) is 142 cm³/mol. The molecule has 3 heteroatoms. The van der Waals surface area contributed by atoms with Crippen LogP contribution in [0.1, 0.15) is 130 Å². The lowest BCUT2D eigenvalue weighted by Gasteiger charge is -2.13. The zero-order valence-electron chi connectivity index (χ0n) is 20.8. The van der Waals surface area contributed by atoms with E-state index in [1.165, 1.54) is 52.8 Å². The van der Waals surface area contributed by atoms with Crippen LogP contribution in [0, 0.1) is 0 Å². The highest BCUT2D eigenvalue weighted by atomic mass is 32.1. The first-order valence-corrected chi connectivity index (χ1v) is 13.9. The molecule has 4 rings (SSSR count). The molecule has 0 unspecified atom stereocenters. The first-order chi connectivity index (χ1) is 14.7. The summed E-state index contributed by atoms with van der Waals surface area (Å²) < 4.78 is 0. The standard InChI is InChI=1S/C15H24S.C13H17NS/c1-10(2)14-12-8-6-5-7-9-13(12)16-15(14)11(3)4;1-8(2)11-10-6-5-7-14-13(10)15-12(11)9(3)4/h10-11H,5-9H2,1-4H3;5-9H,1-4H3. The van der Waals surface area contributed by atoms with Gasteiger partial charge in [0.05, 0.1) is 0 Å². The van der Waals surface area contributed by atoms with Crippen LogP contribution in [0.5, 0.6) is 0 Å². The fourth-order valence-electron chi connectivity index (χ4n) is 4.84. The van der Waals surface area contributed by atoms with Crippen LogP contribution in [0.15, 0.2) is 18.3 Å². The number of fused-ring (bicyclic) bond motifs is 2. The largest absolute Gasteiger partial charge is 0.245 e. The lowest BCUT2D eigenvalue weighted by molar-refractivity contribution is 0.706. The van der Waals surface area contributed by atoms with Gasteiger partial charge in [0.1, 0.15) is 4.83 Å². The van der Waals surface area contributed by atoms with E-state index in [2.05, 4.69) is 77.8 Å². The topological polar surface area (TPSA) is 12.9 Å². The quantitative estimate of drug-likeness (QED) is 0.357. The molecule has 0 spiro atoms. The molecule has 0 aliphatic heterocycles. The fraction of sp³-hybridized carbons (Fsp3) is 0.607. The van der Waals surface area contributed by atoms with Gasteiger partial charge in [0, 0.05) is 26.2 Å². The summed E-state index contributed by atoms with van der Waals surface area (Å²) in [4.78, 5) is 10.5. The summed E-state index contributed by atoms with van der Waals surface area (Å²) in [7, 11) is 0. The Hall–Kier alpha value is -1.19. The maximum atomic E-state index is 4.45. The summed E-state index contributed by atoms with van der Waals surface area (Å²) in [5.74, 6) is 2.59. The summed E-state index contributed by atoms with van der Waals surface area (Å²) in [6, 6.07) is 4.23. The third kappa shape index (κ3) is 5.42. The molecule has 3 aromatic rings. The molecule has 0 radical (unpaired) electrons. The lowest BCUT2D eigenvalue weighted by Crippen LogP contribution is -1.98. The van der Waals surface area contributed by atoms with E-state index in [0.29, 0.717) is 23.7 Å². The van der Waals surface area contributed by atoms with Crippen molar-refractivity contribution in [2.45, 2.75) is 111 Å². The average molecular weight is 456 g/mol. The van der Waals surface area contributed by atoms with Crippen molar-refractivity contribution in [3.63, 3.8) is 0 Å². The molecule has 0 N–H and O–H groups in total. The number of aromatic nitrogens is 1. The number of hydrogen-bond donors (Lipinski definition) is 0. The smallest absolute Gasteiger partial charge is 0.123 e. The Morgan fingerprint density at radius 1 is 0.710 bits per heavy atom. The Kier molecular flexibility index (Phi) is 8.37. The van der Waals surface area contributed by atoms with E-state index in [9.17, 15) is 0 Å². The number of rotatable bonds is 4. The van der Waals surface area contributed by atoms with E-state index in [4.69, 9.17) is 0 Å². The van der Waals surface area contributed by atoms with Crippen LogP contribution in [-0.2, 0) is 12.8 Å². The highest BCUT2D eigenvalue weighted by Crippen LogP contribution is 2.41. The van der Waals surface area contributed by atoms with E-state index in [1.807, 2.05) is 23.6 Å². The third-order valence-electron chi connectivity index (χ3n) is 6.23. The third-order valence-corrected chi connectivity index (χ3v) is 9.27. The normalized spacial score (nSPS) is 14.3. The molecule has 170 valence electrons. The molecule has 3 aromatic heterocycles. The van der Waals surface area contributed by atoms with Crippen molar-refractivity contribution in [2.75, 3.05) is 0 Å². The number of thiophene rings is 2. The van der Waals surface area contributed by atoms with Crippen molar-refractivity contribution in [1.29, 1.82) is 0 Å². The summed E-state index contributed by atoms with van der Waals surface area (Å²) in [6.45, 7) is 18.5. The fourth-order valence-corrected chi connectivity index (χ4v) is 7.70. The Morgan fingerprint density at radius 3 is 1.94 bits per heavy atom. The first kappa shape index (κ1) is 24.5. The Bertz CT molecular complexity index is 988. The van der Waals surface area contributed by atoms with Gasteiger partial charge in [-0.3, -0.25) is 0 Å². The van der Waals surface area contributed by atoms with Gasteiger partial charge in [-0.1, -0.05) is 67.9 Å². The number of aryl methyl sites for hydroxylation is 1. The zero-order chi connectivity index (χ0) is 22.7. The summed E-state index contributed by atoms with van der Waals surface area (Å²) >= 11 is 3.96. The minimum Gasteiger partial charge on any atom is -0.245 e. The maximum absolute atomic E-state index is 4.45. The molecule has 1 aliphatic carbocycles. The van der Waals surface area contributed by atoms with Gasteiger partial charge in [-0.25, -0.2) is 4.98 Å². The monoisotopic (exact) mass is 455 g/mol. The van der Waals surface area contributed by atoms with Gasteiger partial charge in [-0.15, -0.1) is 22.7 Å². The van der Waals surface area contributed by atoms with Crippen LogP contribution in [0.25, 0.3) is 10.2 Å². The average Bonchev–Trinajstić information content (AvgIpc) is 3.20. The molecule has 1 nitrogen and oxygen atoms in total. The highest BCUT2D eigenvalue weighted by Gasteiger charge is 2.22. The van der Waals surface area contributed by atoms with Crippen LogP contribution < -0.4 is 0 Å². The van der Waals surface area contributed by atoms with E-state index >= 15 is 0 Å². The van der Waals surface area contributed by atoms with Crippen molar-refractivity contribution in [1.82, 2.24) is 4.98 Å². The van der Waals surface area contributed by atoms with Crippen molar-refractivity contribution in [3.8, 4) is 0 Å². The summed E-state index contributed by atoms with van der Waals surface area (Å²) in [5, 5.41) is 1.35. The van der Waals surface area contributed by atoms with Gasteiger partial charge in [0.2, 0.25) is 0 Å². The molecule has 31 heavy (non-hydrogen) atoms. The summed E-state index contributed by atoms with van der Waals surface area (Å²) in [5.41, 5.74) is 4.94. The minimum absolute atomic E-state index is 0.584. The molecule has 1 aliphatic rings. The molecular weight excluding hydrogens is 414 g/mol. The number of nitrogens with zero attached hydrogens (tertiary/aromatic N) is 1. The number of hydrogen-bond acceptors (Lipinski definition) is 3. The lowest BCUT2D eigenvalue weighted by atomic mass is 9.92. The van der Waals surface area contributed by atoms with Gasteiger partial charge < -0.3 is 0 Å². The van der Waals surface area contributed by atoms with Crippen molar-refractivity contribution in [3.05, 3.63) is 49.7 Å². The molecule has 0 fully saturated rings. The van der Waals surface area contributed by atoms with Crippen molar-refractivity contribution < 1.29 is 0 Å². The molecule has 3 heterocycles.